The quantitative estimate of drug-likeness (QED) is 0.230. The topological polar surface area (TPSA) is 32.0 Å². The van der Waals surface area contributed by atoms with Crippen LogP contribution in [0, 0.1) is 0 Å². The Labute approximate surface area is 231 Å². The van der Waals surface area contributed by atoms with Gasteiger partial charge in [0.2, 0.25) is 5.88 Å². The Morgan fingerprint density at radius 3 is 1.70 bits per heavy atom. The van der Waals surface area contributed by atoms with Gasteiger partial charge < -0.3 is 13.9 Å². The van der Waals surface area contributed by atoms with E-state index in [0.717, 1.165) is 44.6 Å². The van der Waals surface area contributed by atoms with Crippen LogP contribution in [-0.4, -0.2) is 20.7 Å². The van der Waals surface area contributed by atoms with E-state index in [1.165, 1.54) is 21.5 Å². The molecule has 4 heterocycles. The van der Waals surface area contributed by atoms with Gasteiger partial charge in [0.05, 0.1) is 34.0 Å². The maximum absolute atomic E-state index is 6.16. The number of hydrogen-bond acceptors (Lipinski definition) is 2. The Morgan fingerprint density at radius 2 is 1.15 bits per heavy atom. The van der Waals surface area contributed by atoms with Crippen molar-refractivity contribution in [2.75, 3.05) is 6.61 Å². The fourth-order valence-electron chi connectivity index (χ4n) is 6.05. The van der Waals surface area contributed by atoms with Crippen LogP contribution in [0.1, 0.15) is 5.56 Å². The first-order valence-electron chi connectivity index (χ1n) is 13.5. The molecule has 0 radical (unpaired) electrons. The second kappa shape index (κ2) is 8.85. The summed E-state index contributed by atoms with van der Waals surface area (Å²) >= 11 is 0. The van der Waals surface area contributed by atoms with Crippen LogP contribution in [0.3, 0.4) is 0 Å². The van der Waals surface area contributed by atoms with Gasteiger partial charge in [-0.1, -0.05) is 79.4 Å². The van der Waals surface area contributed by atoms with Gasteiger partial charge in [-0.3, -0.25) is 0 Å². The van der Waals surface area contributed by atoms with Crippen molar-refractivity contribution in [3.63, 3.8) is 0 Å². The molecule has 0 atom stereocenters. The van der Waals surface area contributed by atoms with Crippen molar-refractivity contribution in [3.8, 4) is 11.6 Å². The summed E-state index contributed by atoms with van der Waals surface area (Å²) in [5.41, 5.74) is 8.32. The SMILES string of the molecule is C=C1/C=C(n2c3ccccc3c3ccccc32)\C=C/COc2ncc(-n3c4ccccc4c4ccccc43)cc21. The first-order valence-corrected chi connectivity index (χ1v) is 13.5. The molecule has 0 fully saturated rings. The van der Waals surface area contributed by atoms with Gasteiger partial charge in [0.15, 0.2) is 0 Å². The minimum atomic E-state index is 0.413. The highest BCUT2D eigenvalue weighted by atomic mass is 16.5. The zero-order valence-corrected chi connectivity index (χ0v) is 21.8. The summed E-state index contributed by atoms with van der Waals surface area (Å²) in [4.78, 5) is 4.80. The number of rotatable bonds is 2. The largest absolute Gasteiger partial charge is 0.473 e. The Hall–Kier alpha value is -5.35. The Morgan fingerprint density at radius 1 is 0.650 bits per heavy atom. The molecule has 3 aromatic heterocycles. The summed E-state index contributed by atoms with van der Waals surface area (Å²) in [6, 6.07) is 36.2. The molecule has 1 aliphatic heterocycles. The molecular formula is C36H25N3O. The Bertz CT molecular complexity index is 2080. The summed E-state index contributed by atoms with van der Waals surface area (Å²) in [5.74, 6) is 0.582. The van der Waals surface area contributed by atoms with Crippen molar-refractivity contribution in [2.24, 2.45) is 0 Å². The van der Waals surface area contributed by atoms with Gasteiger partial charge in [0.1, 0.15) is 6.61 Å². The van der Waals surface area contributed by atoms with Crippen molar-refractivity contribution >= 4 is 54.9 Å². The summed E-state index contributed by atoms with van der Waals surface area (Å²) in [6.45, 7) is 4.93. The number of fused-ring (bicyclic) bond motifs is 7. The van der Waals surface area contributed by atoms with E-state index in [-0.39, 0.29) is 0 Å². The van der Waals surface area contributed by atoms with Crippen LogP contribution in [-0.2, 0) is 0 Å². The van der Waals surface area contributed by atoms with E-state index in [0.29, 0.717) is 12.5 Å². The van der Waals surface area contributed by atoms with Gasteiger partial charge in [-0.15, -0.1) is 0 Å². The Kier molecular flexibility index (Phi) is 5.01. The number of allylic oxidation sites excluding steroid dienone is 4. The molecule has 0 bridgehead atoms. The predicted molar refractivity (Wildman–Crippen MR) is 166 cm³/mol. The molecule has 8 rings (SSSR count). The maximum Gasteiger partial charge on any atom is 0.221 e. The van der Waals surface area contributed by atoms with E-state index in [4.69, 9.17) is 9.72 Å². The molecule has 0 amide bonds. The molecule has 0 N–H and O–H groups in total. The second-order valence-electron chi connectivity index (χ2n) is 10.1. The molecule has 40 heavy (non-hydrogen) atoms. The summed E-state index contributed by atoms with van der Waals surface area (Å²) < 4.78 is 10.7. The maximum atomic E-state index is 6.16. The zero-order chi connectivity index (χ0) is 26.6. The average molecular weight is 516 g/mol. The summed E-state index contributed by atoms with van der Waals surface area (Å²) in [7, 11) is 0. The minimum absolute atomic E-state index is 0.413. The van der Waals surface area contributed by atoms with Gasteiger partial charge in [-0.05, 0) is 54.1 Å². The normalized spacial score (nSPS) is 15.8. The van der Waals surface area contributed by atoms with E-state index in [9.17, 15) is 0 Å². The molecule has 190 valence electrons. The third-order valence-electron chi connectivity index (χ3n) is 7.79. The molecule has 4 nitrogen and oxygen atoms in total. The third kappa shape index (κ3) is 3.36. The standard InChI is InChI=1S/C36H25N3O/c1-24-21-25(38-32-16-6-2-12-27(32)28-13-3-7-17-33(28)38)11-10-20-40-36-31(24)22-26(23-37-36)39-34-18-8-4-14-29(34)30-15-5-9-19-35(30)39/h2-19,21-23H,1,20H2/b11-10-,25-21+. The van der Waals surface area contributed by atoms with Crippen molar-refractivity contribution < 1.29 is 4.74 Å². The lowest BCUT2D eigenvalue weighted by molar-refractivity contribution is 0.347. The number of benzene rings is 4. The fourth-order valence-corrected chi connectivity index (χ4v) is 6.05. The van der Waals surface area contributed by atoms with Gasteiger partial charge in [0, 0.05) is 32.8 Å². The van der Waals surface area contributed by atoms with Crippen LogP contribution in [0.15, 0.2) is 134 Å². The number of hydrogen-bond donors (Lipinski definition) is 0. The van der Waals surface area contributed by atoms with E-state index >= 15 is 0 Å². The van der Waals surface area contributed by atoms with Gasteiger partial charge >= 0.3 is 0 Å². The van der Waals surface area contributed by atoms with Gasteiger partial charge in [-0.2, -0.15) is 0 Å². The highest BCUT2D eigenvalue weighted by molar-refractivity contribution is 6.11. The van der Waals surface area contributed by atoms with E-state index in [2.05, 4.69) is 131 Å². The highest BCUT2D eigenvalue weighted by Crippen LogP contribution is 2.37. The lowest BCUT2D eigenvalue weighted by Gasteiger charge is -2.14. The number of pyridine rings is 1. The number of para-hydroxylation sites is 4. The van der Waals surface area contributed by atoms with Crippen molar-refractivity contribution in [1.29, 1.82) is 0 Å². The van der Waals surface area contributed by atoms with E-state index in [1.54, 1.807) is 0 Å². The van der Waals surface area contributed by atoms with Crippen LogP contribution in [0.2, 0.25) is 0 Å². The highest BCUT2D eigenvalue weighted by Gasteiger charge is 2.18. The molecule has 7 aromatic rings. The Balaban J connectivity index is 1.33. The molecule has 0 spiro atoms. The molecular weight excluding hydrogens is 490 g/mol. The van der Waals surface area contributed by atoms with Crippen molar-refractivity contribution in [2.45, 2.75) is 0 Å². The molecule has 0 saturated heterocycles. The van der Waals surface area contributed by atoms with Crippen LogP contribution in [0.5, 0.6) is 5.88 Å². The van der Waals surface area contributed by atoms with Crippen molar-refractivity contribution in [3.05, 3.63) is 140 Å². The molecule has 4 aromatic carbocycles. The molecule has 0 saturated carbocycles. The lowest BCUT2D eigenvalue weighted by Crippen LogP contribution is -2.02. The molecule has 1 aliphatic rings. The second-order valence-corrected chi connectivity index (χ2v) is 10.1. The third-order valence-corrected chi connectivity index (χ3v) is 7.79. The first kappa shape index (κ1) is 22.6. The van der Waals surface area contributed by atoms with Crippen LogP contribution < -0.4 is 4.74 Å². The van der Waals surface area contributed by atoms with E-state index in [1.807, 2.05) is 12.3 Å². The predicted octanol–water partition coefficient (Wildman–Crippen LogP) is 8.79. The van der Waals surface area contributed by atoms with Crippen molar-refractivity contribution in [1.82, 2.24) is 14.1 Å². The molecule has 0 aliphatic carbocycles. The number of aromatic nitrogens is 3. The average Bonchev–Trinajstić information content (AvgIpc) is 3.53. The molecule has 4 heteroatoms. The van der Waals surface area contributed by atoms with Crippen LogP contribution in [0.4, 0.5) is 0 Å². The zero-order valence-electron chi connectivity index (χ0n) is 21.8. The summed E-state index contributed by atoms with van der Waals surface area (Å²) in [6.07, 6.45) is 8.19. The van der Waals surface area contributed by atoms with Crippen LogP contribution >= 0.6 is 0 Å². The van der Waals surface area contributed by atoms with Gasteiger partial charge in [0.25, 0.3) is 0 Å². The monoisotopic (exact) mass is 515 g/mol. The lowest BCUT2D eigenvalue weighted by atomic mass is 10.1. The van der Waals surface area contributed by atoms with Gasteiger partial charge in [-0.25, -0.2) is 4.98 Å². The van der Waals surface area contributed by atoms with Crippen LogP contribution in [0.25, 0.3) is 60.6 Å². The van der Waals surface area contributed by atoms with E-state index < -0.39 is 0 Å². The minimum Gasteiger partial charge on any atom is -0.473 e. The first-order chi connectivity index (χ1) is 19.8. The fraction of sp³-hybridized carbons (Fsp3) is 0.0278. The number of ether oxygens (including phenoxy) is 1. The molecule has 0 unspecified atom stereocenters. The summed E-state index contributed by atoms with van der Waals surface area (Å²) in [5, 5.41) is 4.89. The smallest absolute Gasteiger partial charge is 0.221 e. The number of nitrogens with zero attached hydrogens (tertiary/aromatic N) is 3.